The molecule has 0 unspecified atom stereocenters. The lowest BCUT2D eigenvalue weighted by Gasteiger charge is -2.14. The highest BCUT2D eigenvalue weighted by Crippen LogP contribution is 2.27. The molecule has 0 N–H and O–H groups in total. The molecule has 3 rings (SSSR count). The maximum absolute atomic E-state index is 12.3. The SMILES string of the molecule is CC(=O)c1cccc(N2C(=O)c3cccnc3C2=O)c1. The molecule has 0 fully saturated rings. The van der Waals surface area contributed by atoms with Gasteiger partial charge in [0.2, 0.25) is 0 Å². The lowest BCUT2D eigenvalue weighted by Crippen LogP contribution is -2.29. The van der Waals surface area contributed by atoms with E-state index >= 15 is 0 Å². The molecule has 5 nitrogen and oxygen atoms in total. The third kappa shape index (κ3) is 1.72. The van der Waals surface area contributed by atoms with Crippen molar-refractivity contribution < 1.29 is 14.4 Å². The number of Topliss-reactive ketones (excluding diaryl/α,β-unsaturated/α-hetero) is 1. The third-order valence-corrected chi connectivity index (χ3v) is 3.16. The number of nitrogens with zero attached hydrogens (tertiary/aromatic N) is 2. The third-order valence-electron chi connectivity index (χ3n) is 3.16. The summed E-state index contributed by atoms with van der Waals surface area (Å²) in [4.78, 5) is 40.9. The van der Waals surface area contributed by atoms with Crippen molar-refractivity contribution in [3.63, 3.8) is 0 Å². The predicted octanol–water partition coefficient (Wildman–Crippen LogP) is 2.08. The van der Waals surface area contributed by atoms with Gasteiger partial charge in [0, 0.05) is 11.8 Å². The summed E-state index contributed by atoms with van der Waals surface area (Å²) in [6, 6.07) is 9.61. The molecule has 0 atom stereocenters. The smallest absolute Gasteiger partial charge is 0.284 e. The van der Waals surface area contributed by atoms with E-state index in [0.29, 0.717) is 11.3 Å². The largest absolute Gasteiger partial charge is 0.295 e. The number of benzene rings is 1. The molecule has 2 heterocycles. The number of rotatable bonds is 2. The fourth-order valence-electron chi connectivity index (χ4n) is 2.17. The Morgan fingerprint density at radius 1 is 1.10 bits per heavy atom. The maximum Gasteiger partial charge on any atom is 0.284 e. The zero-order chi connectivity index (χ0) is 14.3. The molecule has 1 aromatic carbocycles. The highest BCUT2D eigenvalue weighted by Gasteiger charge is 2.37. The molecule has 5 heteroatoms. The zero-order valence-corrected chi connectivity index (χ0v) is 10.7. The highest BCUT2D eigenvalue weighted by molar-refractivity contribution is 6.33. The molecule has 0 saturated heterocycles. The van der Waals surface area contributed by atoms with Crippen LogP contribution in [0.1, 0.15) is 38.1 Å². The Morgan fingerprint density at radius 2 is 1.90 bits per heavy atom. The second-order valence-corrected chi connectivity index (χ2v) is 4.45. The van der Waals surface area contributed by atoms with E-state index in [4.69, 9.17) is 0 Å². The van der Waals surface area contributed by atoms with Gasteiger partial charge in [0.1, 0.15) is 5.69 Å². The quantitative estimate of drug-likeness (QED) is 0.616. The van der Waals surface area contributed by atoms with Crippen LogP contribution >= 0.6 is 0 Å². The summed E-state index contributed by atoms with van der Waals surface area (Å²) in [6.07, 6.45) is 1.47. The number of ketones is 1. The summed E-state index contributed by atoms with van der Waals surface area (Å²) in [6.45, 7) is 1.43. The normalized spacial score (nSPS) is 13.6. The molecule has 1 aromatic heterocycles. The Hall–Kier alpha value is -2.82. The topological polar surface area (TPSA) is 67.3 Å². The van der Waals surface area contributed by atoms with Crippen LogP contribution in [0, 0.1) is 0 Å². The van der Waals surface area contributed by atoms with Gasteiger partial charge in [-0.15, -0.1) is 0 Å². The first-order chi connectivity index (χ1) is 9.59. The van der Waals surface area contributed by atoms with E-state index in [2.05, 4.69) is 4.98 Å². The molecule has 20 heavy (non-hydrogen) atoms. The first-order valence-corrected chi connectivity index (χ1v) is 6.04. The Kier molecular flexibility index (Phi) is 2.68. The van der Waals surface area contributed by atoms with Crippen molar-refractivity contribution in [3.05, 3.63) is 59.4 Å². The van der Waals surface area contributed by atoms with Gasteiger partial charge in [0.05, 0.1) is 11.3 Å². The van der Waals surface area contributed by atoms with Gasteiger partial charge >= 0.3 is 0 Å². The van der Waals surface area contributed by atoms with Crippen molar-refractivity contribution in [2.75, 3.05) is 4.90 Å². The fraction of sp³-hybridized carbons (Fsp3) is 0.0667. The van der Waals surface area contributed by atoms with Crippen LogP contribution in [0.3, 0.4) is 0 Å². The van der Waals surface area contributed by atoms with Crippen molar-refractivity contribution in [2.24, 2.45) is 0 Å². The number of carbonyl (C=O) groups is 3. The van der Waals surface area contributed by atoms with Gasteiger partial charge in [0.25, 0.3) is 11.8 Å². The van der Waals surface area contributed by atoms with Gasteiger partial charge in [0.15, 0.2) is 5.78 Å². The molecular weight excluding hydrogens is 256 g/mol. The van der Waals surface area contributed by atoms with E-state index in [9.17, 15) is 14.4 Å². The van der Waals surface area contributed by atoms with Crippen LogP contribution in [-0.2, 0) is 0 Å². The highest BCUT2D eigenvalue weighted by atomic mass is 16.2. The zero-order valence-electron chi connectivity index (χ0n) is 10.7. The van der Waals surface area contributed by atoms with Crippen LogP contribution in [0.2, 0.25) is 0 Å². The number of amides is 2. The summed E-state index contributed by atoms with van der Waals surface area (Å²) < 4.78 is 0. The molecule has 1 aliphatic heterocycles. The number of pyridine rings is 1. The lowest BCUT2D eigenvalue weighted by atomic mass is 10.1. The first kappa shape index (κ1) is 12.2. The Balaban J connectivity index is 2.09. The molecule has 0 radical (unpaired) electrons. The van der Waals surface area contributed by atoms with Crippen LogP contribution in [0.25, 0.3) is 0 Å². The average Bonchev–Trinajstić information content (AvgIpc) is 2.72. The number of aromatic nitrogens is 1. The van der Waals surface area contributed by atoms with E-state index in [1.165, 1.54) is 19.2 Å². The number of anilines is 1. The van der Waals surface area contributed by atoms with Crippen molar-refractivity contribution in [1.82, 2.24) is 4.98 Å². The van der Waals surface area contributed by atoms with Gasteiger partial charge < -0.3 is 0 Å². The molecule has 0 spiro atoms. The summed E-state index contributed by atoms with van der Waals surface area (Å²) in [5, 5.41) is 0. The predicted molar refractivity (Wildman–Crippen MR) is 71.8 cm³/mol. The van der Waals surface area contributed by atoms with Crippen LogP contribution in [0.4, 0.5) is 5.69 Å². The Morgan fingerprint density at radius 3 is 2.60 bits per heavy atom. The lowest BCUT2D eigenvalue weighted by molar-refractivity contribution is 0.0922. The second kappa shape index (κ2) is 4.38. The molecular formula is C15H10N2O3. The van der Waals surface area contributed by atoms with Crippen LogP contribution < -0.4 is 4.90 Å². The average molecular weight is 266 g/mol. The molecule has 0 saturated carbocycles. The minimum atomic E-state index is -0.466. The number of hydrogen-bond donors (Lipinski definition) is 0. The number of imide groups is 1. The number of fused-ring (bicyclic) bond motifs is 1. The van der Waals surface area contributed by atoms with E-state index in [1.807, 2.05) is 0 Å². The van der Waals surface area contributed by atoms with Crippen molar-refractivity contribution in [1.29, 1.82) is 0 Å². The van der Waals surface area contributed by atoms with E-state index in [-0.39, 0.29) is 17.0 Å². The Bertz CT molecular complexity index is 717. The summed E-state index contributed by atoms with van der Waals surface area (Å²) in [5.74, 6) is -1.01. The molecule has 2 amide bonds. The number of carbonyl (C=O) groups excluding carboxylic acids is 3. The van der Waals surface area contributed by atoms with Crippen LogP contribution in [0.15, 0.2) is 42.6 Å². The standard InChI is InChI=1S/C15H10N2O3/c1-9(18)10-4-2-5-11(8-10)17-14(19)12-6-3-7-16-13(12)15(17)20/h2-8H,1H3. The molecule has 0 bridgehead atoms. The minimum absolute atomic E-state index is 0.124. The van der Waals surface area contributed by atoms with E-state index in [0.717, 1.165) is 4.90 Å². The van der Waals surface area contributed by atoms with Gasteiger partial charge in [-0.2, -0.15) is 0 Å². The molecule has 2 aromatic rings. The molecule has 0 aliphatic carbocycles. The molecule has 1 aliphatic rings. The van der Waals surface area contributed by atoms with Crippen LogP contribution in [-0.4, -0.2) is 22.6 Å². The first-order valence-electron chi connectivity index (χ1n) is 6.04. The summed E-state index contributed by atoms with van der Waals surface area (Å²) in [5.41, 5.74) is 1.26. The van der Waals surface area contributed by atoms with Gasteiger partial charge in [-0.25, -0.2) is 4.90 Å². The van der Waals surface area contributed by atoms with Crippen LogP contribution in [0.5, 0.6) is 0 Å². The number of hydrogen-bond acceptors (Lipinski definition) is 4. The van der Waals surface area contributed by atoms with Gasteiger partial charge in [-0.3, -0.25) is 19.4 Å². The van der Waals surface area contributed by atoms with Crippen molar-refractivity contribution in [2.45, 2.75) is 6.92 Å². The maximum atomic E-state index is 12.3. The second-order valence-electron chi connectivity index (χ2n) is 4.45. The molecule has 98 valence electrons. The summed E-state index contributed by atoms with van der Waals surface area (Å²) in [7, 11) is 0. The summed E-state index contributed by atoms with van der Waals surface area (Å²) >= 11 is 0. The fourth-order valence-corrected chi connectivity index (χ4v) is 2.17. The monoisotopic (exact) mass is 266 g/mol. The van der Waals surface area contributed by atoms with E-state index in [1.54, 1.807) is 30.3 Å². The minimum Gasteiger partial charge on any atom is -0.295 e. The van der Waals surface area contributed by atoms with Crippen molar-refractivity contribution >= 4 is 23.3 Å². The van der Waals surface area contributed by atoms with Gasteiger partial charge in [-0.05, 0) is 31.2 Å². The van der Waals surface area contributed by atoms with Gasteiger partial charge in [-0.1, -0.05) is 12.1 Å². The Labute approximate surface area is 114 Å². The van der Waals surface area contributed by atoms with E-state index < -0.39 is 11.8 Å². The van der Waals surface area contributed by atoms with Crippen molar-refractivity contribution in [3.8, 4) is 0 Å².